The molecule has 4 heteroatoms. The number of aliphatic imine (C=N–C) groups is 1. The molecule has 0 saturated heterocycles. The summed E-state index contributed by atoms with van der Waals surface area (Å²) in [6, 6.07) is 0. The normalized spacial score (nSPS) is 15.4. The first-order valence-corrected chi connectivity index (χ1v) is 4.83. The fourth-order valence-electron chi connectivity index (χ4n) is 1.52. The highest BCUT2D eigenvalue weighted by Crippen LogP contribution is 2.32. The van der Waals surface area contributed by atoms with Crippen LogP contribution in [0.5, 0.6) is 0 Å². The molecule has 2 heterocycles. The fourth-order valence-corrected chi connectivity index (χ4v) is 1.52. The lowest BCUT2D eigenvalue weighted by atomic mass is 10.0. The maximum absolute atomic E-state index is 4.31. The lowest BCUT2D eigenvalue weighted by Crippen LogP contribution is -2.39. The van der Waals surface area contributed by atoms with Gasteiger partial charge in [0.1, 0.15) is 17.7 Å². The van der Waals surface area contributed by atoms with Gasteiger partial charge in [-0.05, 0) is 20.8 Å². The Morgan fingerprint density at radius 2 is 2.07 bits per heavy atom. The molecule has 0 N–H and O–H groups in total. The number of nitrogens with zero attached hydrogens (tertiary/aromatic N) is 4. The fraction of sp³-hybridized carbons (Fsp3) is 0.364. The van der Waals surface area contributed by atoms with Gasteiger partial charge >= 0.3 is 0 Å². The molecule has 0 aliphatic carbocycles. The zero-order valence-electron chi connectivity index (χ0n) is 9.23. The van der Waals surface area contributed by atoms with Crippen LogP contribution >= 0.6 is 0 Å². The Balaban J connectivity index is 2.46. The maximum Gasteiger partial charge on any atom is 0.116 e. The number of aromatic nitrogens is 2. The summed E-state index contributed by atoms with van der Waals surface area (Å²) >= 11 is 0. The molecule has 78 valence electrons. The molecule has 1 aliphatic heterocycles. The molecule has 0 spiro atoms. The first-order valence-electron chi connectivity index (χ1n) is 4.83. The van der Waals surface area contributed by atoms with Crippen LogP contribution in [-0.4, -0.2) is 26.7 Å². The van der Waals surface area contributed by atoms with E-state index in [-0.39, 0.29) is 5.54 Å². The highest BCUT2D eigenvalue weighted by molar-refractivity contribution is 5.84. The summed E-state index contributed by atoms with van der Waals surface area (Å²) < 4.78 is 0. The van der Waals surface area contributed by atoms with Crippen LogP contribution in [0.3, 0.4) is 0 Å². The summed E-state index contributed by atoms with van der Waals surface area (Å²) in [5.74, 6) is 0. The van der Waals surface area contributed by atoms with Gasteiger partial charge in [-0.25, -0.2) is 15.0 Å². The van der Waals surface area contributed by atoms with Crippen LogP contribution in [0.15, 0.2) is 24.1 Å². The van der Waals surface area contributed by atoms with Crippen molar-refractivity contribution in [2.45, 2.75) is 26.3 Å². The van der Waals surface area contributed by atoms with Crippen molar-refractivity contribution in [2.75, 3.05) is 0 Å². The van der Waals surface area contributed by atoms with Gasteiger partial charge < -0.3 is 4.90 Å². The van der Waals surface area contributed by atoms with Gasteiger partial charge in [-0.15, -0.1) is 0 Å². The number of hydrogen-bond acceptors (Lipinski definition) is 4. The molecule has 0 amide bonds. The van der Waals surface area contributed by atoms with Crippen LogP contribution in [-0.2, 0) is 0 Å². The molecule has 0 aromatic carbocycles. The second-order valence-corrected chi connectivity index (χ2v) is 4.49. The molecule has 0 unspecified atom stereocenters. The molecular formula is C11H14N4. The van der Waals surface area contributed by atoms with Crippen LogP contribution in [0.4, 0.5) is 5.69 Å². The average Bonchev–Trinajstić information content (AvgIpc) is 2.16. The standard InChI is InChI=1S/C11H14N4/c1-8-10-9(5-12-6-13-10)14-7-15(8)11(2,3)4/h5-7H,1H2,2-4H3. The Morgan fingerprint density at radius 3 is 2.73 bits per heavy atom. The van der Waals surface area contributed by atoms with Gasteiger partial charge in [0.15, 0.2) is 0 Å². The van der Waals surface area contributed by atoms with Crippen LogP contribution in [0.1, 0.15) is 26.5 Å². The molecule has 15 heavy (non-hydrogen) atoms. The minimum absolute atomic E-state index is 0.0385. The van der Waals surface area contributed by atoms with Gasteiger partial charge in [-0.1, -0.05) is 6.58 Å². The van der Waals surface area contributed by atoms with Crippen molar-refractivity contribution in [1.29, 1.82) is 0 Å². The topological polar surface area (TPSA) is 41.4 Å². The number of rotatable bonds is 0. The van der Waals surface area contributed by atoms with Gasteiger partial charge in [0.05, 0.1) is 18.2 Å². The molecule has 2 rings (SSSR count). The molecule has 0 fully saturated rings. The molecule has 1 aromatic heterocycles. The molecule has 0 atom stereocenters. The molecule has 0 bridgehead atoms. The summed E-state index contributed by atoms with van der Waals surface area (Å²) in [6.45, 7) is 10.4. The van der Waals surface area contributed by atoms with E-state index in [0.717, 1.165) is 17.1 Å². The van der Waals surface area contributed by atoms with E-state index in [2.05, 4.69) is 42.3 Å². The highest BCUT2D eigenvalue weighted by Gasteiger charge is 2.26. The predicted octanol–water partition coefficient (Wildman–Crippen LogP) is 2.22. The van der Waals surface area contributed by atoms with Crippen molar-refractivity contribution >= 4 is 17.7 Å². The van der Waals surface area contributed by atoms with E-state index >= 15 is 0 Å². The van der Waals surface area contributed by atoms with Crippen LogP contribution in [0.25, 0.3) is 5.70 Å². The van der Waals surface area contributed by atoms with E-state index in [1.807, 2.05) is 4.90 Å². The van der Waals surface area contributed by atoms with E-state index in [0.29, 0.717) is 0 Å². The minimum Gasteiger partial charge on any atom is -0.326 e. The Bertz CT molecular complexity index is 428. The van der Waals surface area contributed by atoms with E-state index in [4.69, 9.17) is 0 Å². The third-order valence-corrected chi connectivity index (χ3v) is 2.29. The highest BCUT2D eigenvalue weighted by atomic mass is 15.2. The van der Waals surface area contributed by atoms with Gasteiger partial charge in [-0.2, -0.15) is 0 Å². The summed E-state index contributed by atoms with van der Waals surface area (Å²) in [7, 11) is 0. The second kappa shape index (κ2) is 3.15. The van der Waals surface area contributed by atoms with Crippen molar-refractivity contribution in [3.05, 3.63) is 24.8 Å². The molecule has 1 aliphatic rings. The van der Waals surface area contributed by atoms with Crippen molar-refractivity contribution in [3.8, 4) is 0 Å². The quantitative estimate of drug-likeness (QED) is 0.647. The van der Waals surface area contributed by atoms with E-state index in [1.165, 1.54) is 6.33 Å². The summed E-state index contributed by atoms with van der Waals surface area (Å²) in [5, 5.41) is 0. The summed E-state index contributed by atoms with van der Waals surface area (Å²) in [5.41, 5.74) is 2.42. The van der Waals surface area contributed by atoms with Crippen LogP contribution in [0, 0.1) is 0 Å². The summed E-state index contributed by atoms with van der Waals surface area (Å²) in [6.07, 6.45) is 5.00. The van der Waals surface area contributed by atoms with Crippen molar-refractivity contribution in [3.63, 3.8) is 0 Å². The average molecular weight is 202 g/mol. The van der Waals surface area contributed by atoms with Gasteiger partial charge in [-0.3, -0.25) is 0 Å². The zero-order valence-corrected chi connectivity index (χ0v) is 9.23. The smallest absolute Gasteiger partial charge is 0.116 e. The zero-order chi connectivity index (χ0) is 11.1. The predicted molar refractivity (Wildman–Crippen MR) is 60.8 cm³/mol. The van der Waals surface area contributed by atoms with Crippen LogP contribution < -0.4 is 0 Å². The first-order chi connectivity index (χ1) is 7.00. The molecule has 0 saturated carbocycles. The molecular weight excluding hydrogens is 188 g/mol. The minimum atomic E-state index is -0.0385. The maximum atomic E-state index is 4.31. The van der Waals surface area contributed by atoms with Gasteiger partial charge in [0.2, 0.25) is 0 Å². The molecule has 0 radical (unpaired) electrons. The van der Waals surface area contributed by atoms with E-state index in [1.54, 1.807) is 12.5 Å². The summed E-state index contributed by atoms with van der Waals surface area (Å²) in [4.78, 5) is 14.5. The Kier molecular flexibility index (Phi) is 2.07. The second-order valence-electron chi connectivity index (χ2n) is 4.49. The van der Waals surface area contributed by atoms with Crippen molar-refractivity contribution in [1.82, 2.24) is 14.9 Å². The van der Waals surface area contributed by atoms with Gasteiger partial charge in [0, 0.05) is 5.54 Å². The number of fused-ring (bicyclic) bond motifs is 1. The first kappa shape index (κ1) is 9.83. The third-order valence-electron chi connectivity index (χ3n) is 2.29. The SMILES string of the molecule is C=C1c2ncncc2N=CN1C(C)(C)C. The van der Waals surface area contributed by atoms with Crippen LogP contribution in [0.2, 0.25) is 0 Å². The Morgan fingerprint density at radius 1 is 1.33 bits per heavy atom. The molecule has 4 nitrogen and oxygen atoms in total. The van der Waals surface area contributed by atoms with Crippen molar-refractivity contribution in [2.24, 2.45) is 4.99 Å². The largest absolute Gasteiger partial charge is 0.326 e. The number of hydrogen-bond donors (Lipinski definition) is 0. The van der Waals surface area contributed by atoms with Gasteiger partial charge in [0.25, 0.3) is 0 Å². The third kappa shape index (κ3) is 1.63. The lowest BCUT2D eigenvalue weighted by molar-refractivity contribution is 0.333. The van der Waals surface area contributed by atoms with E-state index in [9.17, 15) is 0 Å². The monoisotopic (exact) mass is 202 g/mol. The Labute approximate surface area is 89.4 Å². The Hall–Kier alpha value is -1.71. The lowest BCUT2D eigenvalue weighted by Gasteiger charge is -2.36. The van der Waals surface area contributed by atoms with Crippen molar-refractivity contribution < 1.29 is 0 Å². The van der Waals surface area contributed by atoms with E-state index < -0.39 is 0 Å². The molecule has 1 aromatic rings.